The number of amides is 1. The van der Waals surface area contributed by atoms with Crippen molar-refractivity contribution >= 4 is 33.4 Å². The van der Waals surface area contributed by atoms with Gasteiger partial charge < -0.3 is 14.2 Å². The van der Waals surface area contributed by atoms with Crippen LogP contribution in [0.4, 0.5) is 0 Å². The summed E-state index contributed by atoms with van der Waals surface area (Å²) >= 11 is 1.65. The van der Waals surface area contributed by atoms with Gasteiger partial charge in [-0.15, -0.1) is 11.3 Å². The maximum atomic E-state index is 13.5. The van der Waals surface area contributed by atoms with Crippen molar-refractivity contribution in [2.45, 2.75) is 52.5 Å². The average Bonchev–Trinajstić information content (AvgIpc) is 3.36. The number of fused-ring (bicyclic) bond motifs is 1. The lowest BCUT2D eigenvalue weighted by Crippen LogP contribution is -2.43. The number of hydrogen-bond acceptors (Lipinski definition) is 4. The van der Waals surface area contributed by atoms with Crippen LogP contribution in [0.3, 0.4) is 0 Å². The third-order valence-electron chi connectivity index (χ3n) is 6.23. The number of benzene rings is 1. The van der Waals surface area contributed by atoms with E-state index in [-0.39, 0.29) is 23.2 Å². The van der Waals surface area contributed by atoms with Crippen molar-refractivity contribution in [3.05, 3.63) is 58.6 Å². The van der Waals surface area contributed by atoms with E-state index in [9.17, 15) is 9.59 Å². The molecule has 1 saturated heterocycles. The third kappa shape index (κ3) is 4.60. The minimum Gasteiger partial charge on any atom is -0.466 e. The summed E-state index contributed by atoms with van der Waals surface area (Å²) in [4.78, 5) is 27.6. The Morgan fingerprint density at radius 1 is 1.16 bits per heavy atom. The molecule has 0 radical (unpaired) electrons. The van der Waals surface area contributed by atoms with E-state index in [0.717, 1.165) is 23.1 Å². The van der Waals surface area contributed by atoms with Crippen LogP contribution in [0, 0.1) is 5.92 Å². The Morgan fingerprint density at radius 2 is 1.91 bits per heavy atom. The molecule has 1 atom stereocenters. The highest BCUT2D eigenvalue weighted by molar-refractivity contribution is 7.17. The van der Waals surface area contributed by atoms with Gasteiger partial charge in [-0.1, -0.05) is 45.0 Å². The van der Waals surface area contributed by atoms with Crippen LogP contribution in [-0.2, 0) is 21.5 Å². The van der Waals surface area contributed by atoms with Crippen molar-refractivity contribution in [3.63, 3.8) is 0 Å². The highest BCUT2D eigenvalue weighted by Crippen LogP contribution is 2.29. The molecule has 1 fully saturated rings. The fourth-order valence-corrected chi connectivity index (χ4v) is 5.22. The Bertz CT molecular complexity index is 1100. The van der Waals surface area contributed by atoms with E-state index in [1.807, 2.05) is 17.9 Å². The van der Waals surface area contributed by atoms with Gasteiger partial charge in [-0.2, -0.15) is 0 Å². The lowest BCUT2D eigenvalue weighted by Gasteiger charge is -2.31. The fourth-order valence-electron chi connectivity index (χ4n) is 4.39. The van der Waals surface area contributed by atoms with Crippen molar-refractivity contribution in [3.8, 4) is 0 Å². The van der Waals surface area contributed by atoms with Crippen LogP contribution in [0.5, 0.6) is 0 Å². The number of likely N-dealkylation sites (tertiary alicyclic amines) is 1. The number of aromatic nitrogens is 1. The van der Waals surface area contributed by atoms with Gasteiger partial charge in [-0.05, 0) is 53.8 Å². The second-order valence-electron chi connectivity index (χ2n) is 9.58. The second-order valence-corrected chi connectivity index (χ2v) is 10.5. The smallest absolute Gasteiger partial charge is 0.310 e. The molecule has 5 nitrogen and oxygen atoms in total. The molecule has 1 aromatic carbocycles. The molecule has 6 heteroatoms. The first kappa shape index (κ1) is 22.6. The molecule has 4 rings (SSSR count). The van der Waals surface area contributed by atoms with Crippen LogP contribution in [-0.4, -0.2) is 41.0 Å². The Kier molecular flexibility index (Phi) is 6.42. The summed E-state index contributed by atoms with van der Waals surface area (Å²) in [7, 11) is 0. The van der Waals surface area contributed by atoms with Crippen molar-refractivity contribution in [2.24, 2.45) is 5.92 Å². The first-order valence-electron chi connectivity index (χ1n) is 11.4. The van der Waals surface area contributed by atoms with Crippen LogP contribution >= 0.6 is 11.3 Å². The minimum atomic E-state index is -0.234. The number of esters is 1. The van der Waals surface area contributed by atoms with Gasteiger partial charge >= 0.3 is 5.97 Å². The molecule has 0 N–H and O–H groups in total. The van der Waals surface area contributed by atoms with Gasteiger partial charge in [0.2, 0.25) is 0 Å². The van der Waals surface area contributed by atoms with Crippen LogP contribution in [0.25, 0.3) is 10.2 Å². The molecule has 32 heavy (non-hydrogen) atoms. The van der Waals surface area contributed by atoms with Gasteiger partial charge in [0.15, 0.2) is 0 Å². The van der Waals surface area contributed by atoms with E-state index < -0.39 is 0 Å². The zero-order valence-electron chi connectivity index (χ0n) is 19.4. The molecule has 1 aliphatic rings. The summed E-state index contributed by atoms with van der Waals surface area (Å²) in [6.07, 6.45) is 1.59. The quantitative estimate of drug-likeness (QED) is 0.483. The monoisotopic (exact) mass is 452 g/mol. The Labute approximate surface area is 194 Å². The van der Waals surface area contributed by atoms with Crippen LogP contribution < -0.4 is 0 Å². The standard InChI is InChI=1S/C26H32N2O3S/c1-5-31-25(30)19-7-6-13-27(17-19)24(29)22-15-23-21(12-14-32-23)28(22)16-18-8-10-20(11-9-18)26(2,3)4/h8-12,14-15,19H,5-7,13,16-17H2,1-4H3/t19-/m0/s1. The first-order chi connectivity index (χ1) is 15.3. The molecule has 3 heterocycles. The van der Waals surface area contributed by atoms with Crippen molar-refractivity contribution in [2.75, 3.05) is 19.7 Å². The predicted molar refractivity (Wildman–Crippen MR) is 129 cm³/mol. The number of hydrogen-bond donors (Lipinski definition) is 0. The van der Waals surface area contributed by atoms with Gasteiger partial charge in [0.25, 0.3) is 5.91 Å². The Balaban J connectivity index is 1.60. The summed E-state index contributed by atoms with van der Waals surface area (Å²) in [5.74, 6) is -0.434. The minimum absolute atomic E-state index is 0.00582. The Hall–Kier alpha value is -2.60. The first-order valence-corrected chi connectivity index (χ1v) is 12.3. The lowest BCUT2D eigenvalue weighted by atomic mass is 9.87. The highest BCUT2D eigenvalue weighted by Gasteiger charge is 2.31. The van der Waals surface area contributed by atoms with Gasteiger partial charge in [0.05, 0.1) is 22.7 Å². The predicted octanol–water partition coefficient (Wildman–Crippen LogP) is 5.46. The molecule has 1 aliphatic heterocycles. The van der Waals surface area contributed by atoms with Gasteiger partial charge in [-0.3, -0.25) is 9.59 Å². The maximum Gasteiger partial charge on any atom is 0.310 e. The molecule has 0 bridgehead atoms. The summed E-state index contributed by atoms with van der Waals surface area (Å²) in [6.45, 7) is 10.6. The number of carbonyl (C=O) groups is 2. The zero-order valence-corrected chi connectivity index (χ0v) is 20.2. The van der Waals surface area contributed by atoms with Crippen LogP contribution in [0.15, 0.2) is 41.8 Å². The molecule has 0 saturated carbocycles. The van der Waals surface area contributed by atoms with Crippen molar-refractivity contribution in [1.29, 1.82) is 0 Å². The van der Waals surface area contributed by atoms with E-state index in [2.05, 4.69) is 61.1 Å². The van der Waals surface area contributed by atoms with Crippen molar-refractivity contribution in [1.82, 2.24) is 9.47 Å². The van der Waals surface area contributed by atoms with Gasteiger partial charge in [0.1, 0.15) is 5.69 Å². The summed E-state index contributed by atoms with van der Waals surface area (Å²) < 4.78 is 8.44. The molecule has 3 aromatic rings. The number of carbonyl (C=O) groups excluding carboxylic acids is 2. The van der Waals surface area contributed by atoms with E-state index in [1.165, 1.54) is 11.1 Å². The maximum absolute atomic E-state index is 13.5. The third-order valence-corrected chi connectivity index (χ3v) is 7.08. The molecular weight excluding hydrogens is 420 g/mol. The van der Waals surface area contributed by atoms with Crippen LogP contribution in [0.2, 0.25) is 0 Å². The van der Waals surface area contributed by atoms with Gasteiger partial charge in [-0.25, -0.2) is 0 Å². The Morgan fingerprint density at radius 3 is 2.59 bits per heavy atom. The van der Waals surface area contributed by atoms with E-state index in [4.69, 9.17) is 4.74 Å². The van der Waals surface area contributed by atoms with Crippen molar-refractivity contribution < 1.29 is 14.3 Å². The summed E-state index contributed by atoms with van der Waals surface area (Å²) in [5.41, 5.74) is 4.34. The molecule has 0 unspecified atom stereocenters. The normalized spacial score (nSPS) is 17.0. The molecular formula is C26H32N2O3S. The fraction of sp³-hybridized carbons (Fsp3) is 0.462. The highest BCUT2D eigenvalue weighted by atomic mass is 32.1. The molecule has 1 amide bonds. The molecule has 0 aliphatic carbocycles. The zero-order chi connectivity index (χ0) is 22.9. The topological polar surface area (TPSA) is 51.5 Å². The second kappa shape index (κ2) is 9.10. The SMILES string of the molecule is CCOC(=O)[C@H]1CCCN(C(=O)c2cc3sccc3n2Cc2ccc(C(C)(C)C)cc2)C1. The lowest BCUT2D eigenvalue weighted by molar-refractivity contribution is -0.149. The molecule has 170 valence electrons. The number of thiophene rings is 1. The van der Waals surface area contributed by atoms with Gasteiger partial charge in [0, 0.05) is 19.6 Å². The number of ether oxygens (including phenoxy) is 1. The largest absolute Gasteiger partial charge is 0.466 e. The molecule has 2 aromatic heterocycles. The van der Waals surface area contributed by atoms with E-state index in [0.29, 0.717) is 31.9 Å². The summed E-state index contributed by atoms with van der Waals surface area (Å²) in [5, 5.41) is 2.07. The summed E-state index contributed by atoms with van der Waals surface area (Å²) in [6, 6.07) is 12.8. The molecule has 0 spiro atoms. The average molecular weight is 453 g/mol. The number of rotatable bonds is 5. The van der Waals surface area contributed by atoms with Crippen LogP contribution in [0.1, 0.15) is 62.2 Å². The van der Waals surface area contributed by atoms with E-state index in [1.54, 1.807) is 11.3 Å². The number of nitrogens with zero attached hydrogens (tertiary/aromatic N) is 2. The number of piperidine rings is 1. The van der Waals surface area contributed by atoms with E-state index >= 15 is 0 Å².